The van der Waals surface area contributed by atoms with E-state index in [1.807, 2.05) is 0 Å². The highest BCUT2D eigenvalue weighted by atomic mass is 35.5. The molecule has 0 heterocycles. The van der Waals surface area contributed by atoms with E-state index in [1.54, 1.807) is 19.1 Å². The van der Waals surface area contributed by atoms with Crippen LogP contribution >= 0.6 is 23.2 Å². The summed E-state index contributed by atoms with van der Waals surface area (Å²) < 4.78 is 5.46. The van der Waals surface area contributed by atoms with Gasteiger partial charge in [-0.15, -0.1) is 0 Å². The van der Waals surface area contributed by atoms with Gasteiger partial charge in [0.15, 0.2) is 6.10 Å². The molecule has 0 bridgehead atoms. The number of nitro groups is 1. The predicted octanol–water partition coefficient (Wildman–Crippen LogP) is 3.82. The van der Waals surface area contributed by atoms with Crippen molar-refractivity contribution in [3.63, 3.8) is 0 Å². The Bertz CT molecular complexity index is 810. The summed E-state index contributed by atoms with van der Waals surface area (Å²) in [6.45, 7) is 1.54. The van der Waals surface area contributed by atoms with Gasteiger partial charge in [-0.3, -0.25) is 14.9 Å². The quantitative estimate of drug-likeness (QED) is 0.467. The molecule has 0 radical (unpaired) electrons. The number of carbonyl (C=O) groups excluding carboxylic acids is 1. The third kappa shape index (κ3) is 5.44. The van der Waals surface area contributed by atoms with Gasteiger partial charge in [-0.05, 0) is 42.8 Å². The zero-order chi connectivity index (χ0) is 18.4. The number of rotatable bonds is 6. The summed E-state index contributed by atoms with van der Waals surface area (Å²) in [6.07, 6.45) is 0.525. The molecule has 7 nitrogen and oxygen atoms in total. The van der Waals surface area contributed by atoms with Gasteiger partial charge in [0.05, 0.1) is 16.2 Å². The number of halogens is 2. The molecule has 0 fully saturated rings. The standard InChI is InChI=1S/C16H13Cl2N3O4/c1-10(25-15-7-4-12(17)8-14(15)18)16(22)20-19-9-11-2-5-13(6-3-11)21(23)24/h2-10H,1H3,(H,20,22)/b19-9-/t10-/m0/s1. The van der Waals surface area contributed by atoms with Crippen LogP contribution in [0.3, 0.4) is 0 Å². The highest BCUT2D eigenvalue weighted by molar-refractivity contribution is 6.35. The van der Waals surface area contributed by atoms with Crippen molar-refractivity contribution in [2.75, 3.05) is 0 Å². The van der Waals surface area contributed by atoms with Gasteiger partial charge in [-0.1, -0.05) is 23.2 Å². The van der Waals surface area contributed by atoms with Crippen molar-refractivity contribution >= 4 is 41.0 Å². The van der Waals surface area contributed by atoms with Gasteiger partial charge in [0.1, 0.15) is 5.75 Å². The number of benzene rings is 2. The number of carbonyl (C=O) groups is 1. The first-order chi connectivity index (χ1) is 11.9. The zero-order valence-electron chi connectivity index (χ0n) is 13.0. The molecule has 2 aromatic rings. The van der Waals surface area contributed by atoms with Crippen LogP contribution in [-0.4, -0.2) is 23.1 Å². The van der Waals surface area contributed by atoms with Crippen molar-refractivity contribution in [3.8, 4) is 5.75 Å². The number of nitrogens with zero attached hydrogens (tertiary/aromatic N) is 2. The lowest BCUT2D eigenvalue weighted by Gasteiger charge is -2.14. The number of nitrogens with one attached hydrogen (secondary N) is 1. The SMILES string of the molecule is C[C@H](Oc1ccc(Cl)cc1Cl)C(=O)N/N=C\c1ccc([N+](=O)[O-])cc1. The molecule has 1 atom stereocenters. The summed E-state index contributed by atoms with van der Waals surface area (Å²) in [6, 6.07) is 10.4. The Balaban J connectivity index is 1.91. The van der Waals surface area contributed by atoms with Gasteiger partial charge in [0.25, 0.3) is 11.6 Å². The molecule has 0 aliphatic heterocycles. The molecule has 0 aliphatic rings. The summed E-state index contributed by atoms with van der Waals surface area (Å²) in [7, 11) is 0. The number of ether oxygens (including phenoxy) is 1. The highest BCUT2D eigenvalue weighted by Gasteiger charge is 2.15. The summed E-state index contributed by atoms with van der Waals surface area (Å²) in [5.41, 5.74) is 2.89. The molecule has 1 amide bonds. The Hall–Kier alpha value is -2.64. The van der Waals surface area contributed by atoms with Crippen molar-refractivity contribution in [3.05, 3.63) is 68.2 Å². The second-order valence-corrected chi connectivity index (χ2v) is 5.76. The molecule has 25 heavy (non-hydrogen) atoms. The molecule has 0 saturated carbocycles. The maximum absolute atomic E-state index is 12.0. The van der Waals surface area contributed by atoms with Crippen molar-refractivity contribution < 1.29 is 14.5 Å². The van der Waals surface area contributed by atoms with E-state index in [1.165, 1.54) is 36.5 Å². The highest BCUT2D eigenvalue weighted by Crippen LogP contribution is 2.28. The predicted molar refractivity (Wildman–Crippen MR) is 95.4 cm³/mol. The molecule has 0 aliphatic carbocycles. The van der Waals surface area contributed by atoms with Crippen molar-refractivity contribution in [1.29, 1.82) is 0 Å². The smallest absolute Gasteiger partial charge is 0.280 e. The number of hydrogen-bond acceptors (Lipinski definition) is 5. The van der Waals surface area contributed by atoms with Crippen LogP contribution in [0.5, 0.6) is 5.75 Å². The first kappa shape index (κ1) is 18.7. The molecule has 1 N–H and O–H groups in total. The van der Waals surface area contributed by atoms with Crippen molar-refractivity contribution in [2.24, 2.45) is 5.10 Å². The maximum atomic E-state index is 12.0. The summed E-state index contributed by atoms with van der Waals surface area (Å²) in [4.78, 5) is 22.0. The van der Waals surface area contributed by atoms with E-state index >= 15 is 0 Å². The minimum absolute atomic E-state index is 0.0250. The van der Waals surface area contributed by atoms with E-state index in [0.717, 1.165) is 0 Å². The van der Waals surface area contributed by atoms with Crippen LogP contribution in [0.2, 0.25) is 10.0 Å². The van der Waals surface area contributed by atoms with Crippen LogP contribution in [0, 0.1) is 10.1 Å². The van der Waals surface area contributed by atoms with Crippen molar-refractivity contribution in [2.45, 2.75) is 13.0 Å². The third-order valence-electron chi connectivity index (χ3n) is 3.06. The second kappa shape index (κ2) is 8.46. The maximum Gasteiger partial charge on any atom is 0.280 e. The first-order valence-corrected chi connectivity index (χ1v) is 7.81. The van der Waals surface area contributed by atoms with Crippen LogP contribution < -0.4 is 10.2 Å². The average molecular weight is 382 g/mol. The lowest BCUT2D eigenvalue weighted by molar-refractivity contribution is -0.384. The van der Waals surface area contributed by atoms with Gasteiger partial charge < -0.3 is 4.74 Å². The van der Waals surface area contributed by atoms with E-state index in [4.69, 9.17) is 27.9 Å². The molecule has 0 spiro atoms. The third-order valence-corrected chi connectivity index (χ3v) is 3.59. The summed E-state index contributed by atoms with van der Waals surface area (Å²) in [5, 5.41) is 15.1. The number of nitro benzene ring substituents is 1. The molecule has 0 aromatic heterocycles. The van der Waals surface area contributed by atoms with Gasteiger partial charge in [-0.25, -0.2) is 5.43 Å². The molecule has 0 unspecified atom stereocenters. The molecule has 2 rings (SSSR count). The van der Waals surface area contributed by atoms with Crippen molar-refractivity contribution in [1.82, 2.24) is 5.43 Å². The van der Waals surface area contributed by atoms with E-state index in [-0.39, 0.29) is 5.69 Å². The van der Waals surface area contributed by atoms with Crippen LogP contribution in [0.4, 0.5) is 5.69 Å². The van der Waals surface area contributed by atoms with Crippen LogP contribution in [0.1, 0.15) is 12.5 Å². The lowest BCUT2D eigenvalue weighted by Crippen LogP contribution is -2.33. The fraction of sp³-hybridized carbons (Fsp3) is 0.125. The van der Waals surface area contributed by atoms with Crippen LogP contribution in [0.15, 0.2) is 47.6 Å². The zero-order valence-corrected chi connectivity index (χ0v) is 14.5. The number of hydrazone groups is 1. The molecule has 0 saturated heterocycles. The monoisotopic (exact) mass is 381 g/mol. The molecule has 9 heteroatoms. The van der Waals surface area contributed by atoms with Crippen LogP contribution in [-0.2, 0) is 4.79 Å². The Morgan fingerprint density at radius 1 is 1.28 bits per heavy atom. The van der Waals surface area contributed by atoms with Gasteiger partial charge in [0, 0.05) is 17.2 Å². The molecule has 130 valence electrons. The minimum Gasteiger partial charge on any atom is -0.479 e. The fourth-order valence-corrected chi connectivity index (χ4v) is 2.21. The van der Waals surface area contributed by atoms with E-state index < -0.39 is 16.9 Å². The number of hydrogen-bond donors (Lipinski definition) is 1. The van der Waals surface area contributed by atoms with E-state index in [2.05, 4.69) is 10.5 Å². The topological polar surface area (TPSA) is 93.8 Å². The molecular weight excluding hydrogens is 369 g/mol. The Morgan fingerprint density at radius 3 is 2.56 bits per heavy atom. The van der Waals surface area contributed by atoms with E-state index in [9.17, 15) is 14.9 Å². The minimum atomic E-state index is -0.840. The van der Waals surface area contributed by atoms with E-state index in [0.29, 0.717) is 21.4 Å². The normalized spacial score (nSPS) is 12.0. The average Bonchev–Trinajstić information content (AvgIpc) is 2.57. The van der Waals surface area contributed by atoms with Crippen LogP contribution in [0.25, 0.3) is 0 Å². The Morgan fingerprint density at radius 2 is 1.96 bits per heavy atom. The van der Waals surface area contributed by atoms with Gasteiger partial charge >= 0.3 is 0 Å². The lowest BCUT2D eigenvalue weighted by atomic mass is 10.2. The van der Waals surface area contributed by atoms with Gasteiger partial charge in [-0.2, -0.15) is 5.10 Å². The molecule has 2 aromatic carbocycles. The van der Waals surface area contributed by atoms with Gasteiger partial charge in [0.2, 0.25) is 0 Å². The summed E-state index contributed by atoms with van der Waals surface area (Å²) >= 11 is 11.8. The Kier molecular flexibility index (Phi) is 6.32. The Labute approximate surface area is 153 Å². The largest absolute Gasteiger partial charge is 0.479 e. The summed E-state index contributed by atoms with van der Waals surface area (Å²) in [5.74, 6) is -0.155. The second-order valence-electron chi connectivity index (χ2n) is 4.92. The number of non-ortho nitro benzene ring substituents is 1. The molecular formula is C16H13Cl2N3O4. The number of amides is 1. The fourth-order valence-electron chi connectivity index (χ4n) is 1.76. The first-order valence-electron chi connectivity index (χ1n) is 7.06.